The van der Waals surface area contributed by atoms with Crippen molar-refractivity contribution in [3.8, 4) is 0 Å². The summed E-state index contributed by atoms with van der Waals surface area (Å²) in [6, 6.07) is 5.53. The maximum atomic E-state index is 11.9. The van der Waals surface area contributed by atoms with Crippen LogP contribution in [0.5, 0.6) is 0 Å². The Hall–Kier alpha value is -3.23. The Balaban J connectivity index is 1.81. The highest BCUT2D eigenvalue weighted by Gasteiger charge is 2.28. The molecule has 1 fully saturated rings. The van der Waals surface area contributed by atoms with Gasteiger partial charge in [-0.05, 0) is 24.1 Å². The van der Waals surface area contributed by atoms with Gasteiger partial charge in [-0.2, -0.15) is 0 Å². The van der Waals surface area contributed by atoms with E-state index in [1.165, 1.54) is 17.0 Å². The zero-order valence-electron chi connectivity index (χ0n) is 14.9. The second-order valence-electron chi connectivity index (χ2n) is 5.95. The number of ether oxygens (including phenoxy) is 1. The molecule has 1 heterocycles. The van der Waals surface area contributed by atoms with Crippen molar-refractivity contribution in [3.63, 3.8) is 0 Å². The number of amides is 5. The van der Waals surface area contributed by atoms with Crippen LogP contribution < -0.4 is 10.6 Å². The van der Waals surface area contributed by atoms with Gasteiger partial charge in [-0.3, -0.25) is 24.6 Å². The SMILES string of the molecule is CCCNC(=O)NC(=O)COC(=O)c1ccc(CN2C(=O)CCC2=O)cc1. The first kappa shape index (κ1) is 20.1. The average Bonchev–Trinajstić information content (AvgIpc) is 2.97. The molecule has 9 heteroatoms. The molecular formula is C18H21N3O6. The minimum absolute atomic E-state index is 0.155. The van der Waals surface area contributed by atoms with Gasteiger partial charge < -0.3 is 10.1 Å². The summed E-state index contributed by atoms with van der Waals surface area (Å²) in [5.41, 5.74) is 0.904. The fraction of sp³-hybridized carbons (Fsp3) is 0.389. The van der Waals surface area contributed by atoms with Crippen LogP contribution in [0.15, 0.2) is 24.3 Å². The number of hydrogen-bond acceptors (Lipinski definition) is 6. The standard InChI is InChI=1S/C18H21N3O6/c1-2-9-19-18(26)20-14(22)11-27-17(25)13-5-3-12(4-6-13)10-21-15(23)7-8-16(21)24/h3-6H,2,7-11H2,1H3,(H2,19,20,22,26). The lowest BCUT2D eigenvalue weighted by atomic mass is 10.1. The molecule has 9 nitrogen and oxygen atoms in total. The number of nitrogens with zero attached hydrogens (tertiary/aromatic N) is 1. The first-order valence-electron chi connectivity index (χ1n) is 8.57. The maximum absolute atomic E-state index is 11.9. The lowest BCUT2D eigenvalue weighted by Crippen LogP contribution is -2.41. The summed E-state index contributed by atoms with van der Waals surface area (Å²) >= 11 is 0. The van der Waals surface area contributed by atoms with Crippen LogP contribution in [0.1, 0.15) is 42.1 Å². The molecule has 1 saturated heterocycles. The Morgan fingerprint density at radius 2 is 1.70 bits per heavy atom. The molecule has 0 aliphatic carbocycles. The Morgan fingerprint density at radius 3 is 2.30 bits per heavy atom. The van der Waals surface area contributed by atoms with E-state index >= 15 is 0 Å². The van der Waals surface area contributed by atoms with E-state index in [4.69, 9.17) is 4.74 Å². The van der Waals surface area contributed by atoms with E-state index < -0.39 is 24.5 Å². The molecule has 144 valence electrons. The van der Waals surface area contributed by atoms with Crippen LogP contribution in [0.4, 0.5) is 4.79 Å². The van der Waals surface area contributed by atoms with Crippen molar-refractivity contribution in [2.24, 2.45) is 0 Å². The van der Waals surface area contributed by atoms with E-state index in [1.54, 1.807) is 12.1 Å². The van der Waals surface area contributed by atoms with Gasteiger partial charge in [0.05, 0.1) is 12.1 Å². The molecule has 5 amide bonds. The fourth-order valence-corrected chi connectivity index (χ4v) is 2.39. The van der Waals surface area contributed by atoms with Gasteiger partial charge in [-0.25, -0.2) is 9.59 Å². The summed E-state index contributed by atoms with van der Waals surface area (Å²) < 4.78 is 4.85. The van der Waals surface area contributed by atoms with E-state index in [2.05, 4.69) is 5.32 Å². The van der Waals surface area contributed by atoms with Crippen molar-refractivity contribution >= 4 is 29.7 Å². The molecule has 1 aromatic rings. The average molecular weight is 375 g/mol. The van der Waals surface area contributed by atoms with E-state index in [9.17, 15) is 24.0 Å². The third-order valence-corrected chi connectivity index (χ3v) is 3.81. The molecule has 2 N–H and O–H groups in total. The van der Waals surface area contributed by atoms with Crippen molar-refractivity contribution in [2.45, 2.75) is 32.7 Å². The zero-order valence-corrected chi connectivity index (χ0v) is 14.9. The number of urea groups is 1. The lowest BCUT2D eigenvalue weighted by Gasteiger charge is -2.13. The second kappa shape index (κ2) is 9.46. The van der Waals surface area contributed by atoms with Gasteiger partial charge in [0.25, 0.3) is 5.91 Å². The van der Waals surface area contributed by atoms with Crippen molar-refractivity contribution in [3.05, 3.63) is 35.4 Å². The van der Waals surface area contributed by atoms with Gasteiger partial charge in [0.15, 0.2) is 6.61 Å². The zero-order chi connectivity index (χ0) is 19.8. The molecule has 0 unspecified atom stereocenters. The largest absolute Gasteiger partial charge is 0.452 e. The van der Waals surface area contributed by atoms with Crippen LogP contribution in [0, 0.1) is 0 Å². The van der Waals surface area contributed by atoms with Crippen molar-refractivity contribution in [1.82, 2.24) is 15.5 Å². The smallest absolute Gasteiger partial charge is 0.338 e. The number of hydrogen-bond donors (Lipinski definition) is 2. The van der Waals surface area contributed by atoms with Gasteiger partial charge in [-0.1, -0.05) is 19.1 Å². The minimum Gasteiger partial charge on any atom is -0.452 e. The Kier molecular flexibility index (Phi) is 7.04. The van der Waals surface area contributed by atoms with Gasteiger partial charge >= 0.3 is 12.0 Å². The highest BCUT2D eigenvalue weighted by atomic mass is 16.5. The van der Waals surface area contributed by atoms with E-state index in [1.807, 2.05) is 12.2 Å². The van der Waals surface area contributed by atoms with E-state index in [-0.39, 0.29) is 36.8 Å². The number of esters is 1. The molecule has 1 aliphatic heterocycles. The van der Waals surface area contributed by atoms with Crippen LogP contribution in [0.25, 0.3) is 0 Å². The third-order valence-electron chi connectivity index (χ3n) is 3.81. The molecule has 0 atom stereocenters. The number of carbonyl (C=O) groups excluding carboxylic acids is 5. The van der Waals surface area contributed by atoms with Crippen molar-refractivity contribution in [2.75, 3.05) is 13.2 Å². The van der Waals surface area contributed by atoms with Crippen molar-refractivity contribution < 1.29 is 28.7 Å². The fourth-order valence-electron chi connectivity index (χ4n) is 2.39. The van der Waals surface area contributed by atoms with Crippen molar-refractivity contribution in [1.29, 1.82) is 0 Å². The topological polar surface area (TPSA) is 122 Å². The molecular weight excluding hydrogens is 354 g/mol. The van der Waals surface area contributed by atoms with Gasteiger partial charge in [0.1, 0.15) is 0 Å². The molecule has 0 aromatic heterocycles. The van der Waals surface area contributed by atoms with Crippen LogP contribution in [0.2, 0.25) is 0 Å². The molecule has 0 radical (unpaired) electrons. The first-order valence-corrected chi connectivity index (χ1v) is 8.57. The summed E-state index contributed by atoms with van der Waals surface area (Å²) in [7, 11) is 0. The summed E-state index contributed by atoms with van der Waals surface area (Å²) in [5, 5.41) is 4.50. The quantitative estimate of drug-likeness (QED) is 0.535. The normalized spacial score (nSPS) is 13.4. The molecule has 2 rings (SSSR count). The highest BCUT2D eigenvalue weighted by molar-refractivity contribution is 6.01. The molecule has 1 aromatic carbocycles. The Labute approximate surface area is 156 Å². The number of likely N-dealkylation sites (tertiary alicyclic amines) is 1. The van der Waals surface area contributed by atoms with Crippen LogP contribution in [-0.2, 0) is 25.7 Å². The summed E-state index contributed by atoms with van der Waals surface area (Å²) in [5.74, 6) is -1.88. The van der Waals surface area contributed by atoms with E-state index in [0.717, 1.165) is 6.42 Å². The number of rotatable bonds is 7. The van der Waals surface area contributed by atoms with E-state index in [0.29, 0.717) is 12.1 Å². The van der Waals surface area contributed by atoms with Crippen LogP contribution >= 0.6 is 0 Å². The number of carbonyl (C=O) groups is 5. The minimum atomic E-state index is -0.736. The Morgan fingerprint density at radius 1 is 1.07 bits per heavy atom. The monoisotopic (exact) mass is 375 g/mol. The Bertz CT molecular complexity index is 728. The van der Waals surface area contributed by atoms with Gasteiger partial charge in [0, 0.05) is 19.4 Å². The second-order valence-corrected chi connectivity index (χ2v) is 5.95. The molecule has 27 heavy (non-hydrogen) atoms. The summed E-state index contributed by atoms with van der Waals surface area (Å²) in [6.45, 7) is 1.87. The number of benzene rings is 1. The predicted octanol–water partition coefficient (Wildman–Crippen LogP) is 0.728. The molecule has 1 aliphatic rings. The molecule has 0 spiro atoms. The molecule has 0 saturated carbocycles. The van der Waals surface area contributed by atoms with Crippen LogP contribution in [-0.4, -0.2) is 47.8 Å². The maximum Gasteiger partial charge on any atom is 0.338 e. The highest BCUT2D eigenvalue weighted by Crippen LogP contribution is 2.16. The first-order chi connectivity index (χ1) is 12.9. The number of nitrogens with one attached hydrogen (secondary N) is 2. The molecule has 0 bridgehead atoms. The van der Waals surface area contributed by atoms with Gasteiger partial charge in [-0.15, -0.1) is 0 Å². The van der Waals surface area contributed by atoms with Gasteiger partial charge in [0.2, 0.25) is 11.8 Å². The summed E-state index contributed by atoms with van der Waals surface area (Å²) in [6.07, 6.45) is 1.18. The predicted molar refractivity (Wildman–Crippen MR) is 93.3 cm³/mol. The number of imide groups is 2. The third kappa shape index (κ3) is 5.91. The van der Waals surface area contributed by atoms with Crippen LogP contribution in [0.3, 0.4) is 0 Å². The lowest BCUT2D eigenvalue weighted by molar-refractivity contribution is -0.139. The summed E-state index contributed by atoms with van der Waals surface area (Å²) in [4.78, 5) is 59.2.